The van der Waals surface area contributed by atoms with E-state index in [1.807, 2.05) is 36.5 Å². The summed E-state index contributed by atoms with van der Waals surface area (Å²) in [6, 6.07) is 20.5. The van der Waals surface area contributed by atoms with E-state index >= 15 is 0 Å². The molecule has 1 saturated carbocycles. The quantitative estimate of drug-likeness (QED) is 0.334. The highest BCUT2D eigenvalue weighted by atomic mass is 16.2. The molecular weight excluding hydrogens is 478 g/mol. The predicted octanol–water partition coefficient (Wildman–Crippen LogP) is 3.74. The maximum atomic E-state index is 12.2. The monoisotopic (exact) mass is 509 g/mol. The summed E-state index contributed by atoms with van der Waals surface area (Å²) in [5, 5.41) is 13.9. The molecule has 0 bridgehead atoms. The molecule has 4 aromatic rings. The number of hydrogen-bond acceptors (Lipinski definition) is 6. The third-order valence-corrected chi connectivity index (χ3v) is 7.03. The zero-order valence-corrected chi connectivity index (χ0v) is 21.4. The number of rotatable bonds is 8. The maximum Gasteiger partial charge on any atom is 0.251 e. The first-order chi connectivity index (χ1) is 18.5. The molecule has 2 aromatic carbocycles. The molecule has 1 atom stereocenters. The third-order valence-electron chi connectivity index (χ3n) is 7.03. The summed E-state index contributed by atoms with van der Waals surface area (Å²) in [6.07, 6.45) is 5.01. The van der Waals surface area contributed by atoms with E-state index in [1.165, 1.54) is 5.56 Å². The zero-order valence-electron chi connectivity index (χ0n) is 21.4. The first-order valence-corrected chi connectivity index (χ1v) is 13.1. The summed E-state index contributed by atoms with van der Waals surface area (Å²) in [6.45, 7) is 4.30. The number of likely N-dealkylation sites (tertiary alicyclic amines) is 1. The first kappa shape index (κ1) is 24.1. The van der Waals surface area contributed by atoms with Gasteiger partial charge in [-0.1, -0.05) is 24.3 Å². The van der Waals surface area contributed by atoms with Crippen LogP contribution in [0, 0.1) is 0 Å². The Balaban J connectivity index is 1.13. The van der Waals surface area contributed by atoms with Crippen LogP contribution in [-0.4, -0.2) is 56.5 Å². The Morgan fingerprint density at radius 1 is 0.947 bits per heavy atom. The molecule has 2 aromatic heterocycles. The number of pyridine rings is 1. The number of amides is 2. The van der Waals surface area contributed by atoms with Gasteiger partial charge in [0.15, 0.2) is 5.65 Å². The minimum absolute atomic E-state index is 0.0322. The number of nitrogens with one attached hydrogen (secondary N) is 3. The van der Waals surface area contributed by atoms with Crippen LogP contribution in [0.3, 0.4) is 0 Å². The van der Waals surface area contributed by atoms with Gasteiger partial charge in [-0.25, -0.2) is 4.52 Å². The second-order valence-corrected chi connectivity index (χ2v) is 10.2. The fourth-order valence-electron chi connectivity index (χ4n) is 4.94. The van der Waals surface area contributed by atoms with Crippen molar-refractivity contribution in [1.29, 1.82) is 0 Å². The van der Waals surface area contributed by atoms with Gasteiger partial charge in [0, 0.05) is 61.7 Å². The van der Waals surface area contributed by atoms with Crippen molar-refractivity contribution >= 4 is 29.1 Å². The number of fused-ring (bicyclic) bond motifs is 1. The van der Waals surface area contributed by atoms with Crippen molar-refractivity contribution in [1.82, 2.24) is 30.1 Å². The van der Waals surface area contributed by atoms with Gasteiger partial charge in [-0.05, 0) is 66.8 Å². The smallest absolute Gasteiger partial charge is 0.251 e. The molecule has 1 saturated heterocycles. The molecule has 1 aliphatic carbocycles. The van der Waals surface area contributed by atoms with E-state index in [2.05, 4.69) is 56.3 Å². The zero-order chi connectivity index (χ0) is 26.1. The average molecular weight is 510 g/mol. The van der Waals surface area contributed by atoms with E-state index in [0.717, 1.165) is 61.4 Å². The van der Waals surface area contributed by atoms with Crippen LogP contribution in [0.4, 0.5) is 11.6 Å². The molecule has 2 fully saturated rings. The summed E-state index contributed by atoms with van der Waals surface area (Å²) >= 11 is 0. The Bertz CT molecular complexity index is 1460. The SMILES string of the molecule is CC(=O)N[C@H]1CCN(Cc2ccc(-c3cccn4nc(Nc5ccc(C(=O)NC6CC6)cc5)nc34)cc2)C1. The largest absolute Gasteiger partial charge is 0.352 e. The third kappa shape index (κ3) is 5.52. The highest BCUT2D eigenvalue weighted by Gasteiger charge is 2.24. The number of nitrogens with zero attached hydrogens (tertiary/aromatic N) is 4. The van der Waals surface area contributed by atoms with Crippen LogP contribution < -0.4 is 16.0 Å². The van der Waals surface area contributed by atoms with E-state index in [-0.39, 0.29) is 17.9 Å². The molecule has 38 heavy (non-hydrogen) atoms. The van der Waals surface area contributed by atoms with E-state index in [4.69, 9.17) is 4.98 Å². The van der Waals surface area contributed by atoms with Gasteiger partial charge in [0.25, 0.3) is 5.91 Å². The molecule has 0 spiro atoms. The molecule has 0 radical (unpaired) electrons. The summed E-state index contributed by atoms with van der Waals surface area (Å²) in [5.41, 5.74) is 5.54. The molecule has 3 heterocycles. The number of anilines is 2. The Kier molecular flexibility index (Phi) is 6.51. The van der Waals surface area contributed by atoms with Crippen LogP contribution in [0.15, 0.2) is 66.9 Å². The molecule has 3 N–H and O–H groups in total. The van der Waals surface area contributed by atoms with Gasteiger partial charge in [0.05, 0.1) is 0 Å². The lowest BCUT2D eigenvalue weighted by atomic mass is 10.0. The number of carbonyl (C=O) groups excluding carboxylic acids is 2. The second kappa shape index (κ2) is 10.3. The Morgan fingerprint density at radius 2 is 1.74 bits per heavy atom. The normalized spacial score (nSPS) is 17.4. The van der Waals surface area contributed by atoms with Gasteiger partial charge >= 0.3 is 0 Å². The molecule has 2 amide bonds. The van der Waals surface area contributed by atoms with Crippen molar-refractivity contribution in [2.45, 2.75) is 44.8 Å². The van der Waals surface area contributed by atoms with E-state index in [9.17, 15) is 9.59 Å². The van der Waals surface area contributed by atoms with E-state index in [1.54, 1.807) is 11.4 Å². The molecule has 194 valence electrons. The molecule has 6 rings (SSSR count). The van der Waals surface area contributed by atoms with E-state index in [0.29, 0.717) is 17.6 Å². The highest BCUT2D eigenvalue weighted by molar-refractivity contribution is 5.95. The Hall–Kier alpha value is -4.24. The molecule has 1 aliphatic heterocycles. The summed E-state index contributed by atoms with van der Waals surface area (Å²) in [4.78, 5) is 30.7. The van der Waals surface area contributed by atoms with Crippen molar-refractivity contribution < 1.29 is 9.59 Å². The summed E-state index contributed by atoms with van der Waals surface area (Å²) < 4.78 is 1.77. The lowest BCUT2D eigenvalue weighted by molar-refractivity contribution is -0.119. The fourth-order valence-corrected chi connectivity index (χ4v) is 4.94. The molecule has 2 aliphatic rings. The molecule has 9 heteroatoms. The van der Waals surface area contributed by atoms with Crippen molar-refractivity contribution in [3.63, 3.8) is 0 Å². The van der Waals surface area contributed by atoms with Gasteiger partial charge < -0.3 is 16.0 Å². The molecule has 0 unspecified atom stereocenters. The summed E-state index contributed by atoms with van der Waals surface area (Å²) in [7, 11) is 0. The lowest BCUT2D eigenvalue weighted by Gasteiger charge is -2.16. The molecular formula is C29H31N7O2. The van der Waals surface area contributed by atoms with Crippen LogP contribution >= 0.6 is 0 Å². The standard InChI is InChI=1S/C29H31N7O2/c1-19(37)30-25-14-16-35(18-25)17-20-4-6-21(7-5-20)26-3-2-15-36-27(26)33-29(34-36)32-24-10-8-22(9-11-24)28(38)31-23-12-13-23/h2-11,15,23,25H,12-14,16-18H2,1H3,(H,30,37)(H,31,38)(H,32,34)/t25-/m0/s1. The van der Waals surface area contributed by atoms with Crippen LogP contribution in [-0.2, 0) is 11.3 Å². The van der Waals surface area contributed by atoms with Gasteiger partial charge in [-0.2, -0.15) is 4.98 Å². The van der Waals surface area contributed by atoms with E-state index < -0.39 is 0 Å². The number of aromatic nitrogens is 3. The van der Waals surface area contributed by atoms with Gasteiger partial charge in [0.1, 0.15) is 0 Å². The Morgan fingerprint density at radius 3 is 2.47 bits per heavy atom. The molecule has 9 nitrogen and oxygen atoms in total. The minimum Gasteiger partial charge on any atom is -0.352 e. The average Bonchev–Trinajstić information content (AvgIpc) is 3.46. The fraction of sp³-hybridized carbons (Fsp3) is 0.310. The van der Waals surface area contributed by atoms with Crippen LogP contribution in [0.25, 0.3) is 16.8 Å². The van der Waals surface area contributed by atoms with Gasteiger partial charge in [-0.15, -0.1) is 5.10 Å². The Labute approximate surface area is 221 Å². The maximum absolute atomic E-state index is 12.2. The number of hydrogen-bond donors (Lipinski definition) is 3. The van der Waals surface area contributed by atoms with Crippen molar-refractivity contribution in [2.75, 3.05) is 18.4 Å². The topological polar surface area (TPSA) is 104 Å². The minimum atomic E-state index is -0.0322. The van der Waals surface area contributed by atoms with Crippen molar-refractivity contribution in [3.05, 3.63) is 78.0 Å². The van der Waals surface area contributed by atoms with Crippen LogP contribution in [0.1, 0.15) is 42.1 Å². The highest BCUT2D eigenvalue weighted by Crippen LogP contribution is 2.26. The van der Waals surface area contributed by atoms with Crippen LogP contribution in [0.5, 0.6) is 0 Å². The summed E-state index contributed by atoms with van der Waals surface area (Å²) in [5.74, 6) is 0.496. The van der Waals surface area contributed by atoms with Crippen molar-refractivity contribution in [2.24, 2.45) is 0 Å². The number of carbonyl (C=O) groups is 2. The van der Waals surface area contributed by atoms with Gasteiger partial charge in [-0.3, -0.25) is 14.5 Å². The van der Waals surface area contributed by atoms with Gasteiger partial charge in [0.2, 0.25) is 11.9 Å². The predicted molar refractivity (Wildman–Crippen MR) is 146 cm³/mol. The second-order valence-electron chi connectivity index (χ2n) is 10.2. The number of benzene rings is 2. The lowest BCUT2D eigenvalue weighted by Crippen LogP contribution is -2.35. The van der Waals surface area contributed by atoms with Crippen LogP contribution in [0.2, 0.25) is 0 Å². The van der Waals surface area contributed by atoms with Crippen molar-refractivity contribution in [3.8, 4) is 11.1 Å². The first-order valence-electron chi connectivity index (χ1n) is 13.1.